The summed E-state index contributed by atoms with van der Waals surface area (Å²) in [6.07, 6.45) is 1.20. The predicted octanol–water partition coefficient (Wildman–Crippen LogP) is 1.87. The summed E-state index contributed by atoms with van der Waals surface area (Å²) < 4.78 is 0.606. The lowest BCUT2D eigenvalue weighted by atomic mass is 10.0. The molecular weight excluding hydrogens is 194 g/mol. The summed E-state index contributed by atoms with van der Waals surface area (Å²) in [7, 11) is 2.15. The summed E-state index contributed by atoms with van der Waals surface area (Å²) in [6, 6.07) is 2.11. The first-order valence-corrected chi connectivity index (χ1v) is 5.32. The van der Waals surface area contributed by atoms with Crippen LogP contribution in [0.1, 0.15) is 23.7 Å². The van der Waals surface area contributed by atoms with Crippen molar-refractivity contribution in [2.24, 2.45) is 0 Å². The second-order valence-electron chi connectivity index (χ2n) is 4.04. The Morgan fingerprint density at radius 2 is 2.43 bits per heavy atom. The lowest BCUT2D eigenvalue weighted by molar-refractivity contribution is 0.410. The molecule has 1 aromatic heterocycles. The molecule has 1 aliphatic heterocycles. The van der Waals surface area contributed by atoms with Crippen molar-refractivity contribution in [2.45, 2.75) is 19.3 Å². The number of aryl methyl sites for hydroxylation is 1. The molecule has 0 radical (unpaired) electrons. The van der Waals surface area contributed by atoms with Crippen LogP contribution in [-0.2, 0) is 0 Å². The van der Waals surface area contributed by atoms with E-state index in [-0.39, 0.29) is 0 Å². The monoisotopic (exact) mass is 209 g/mol. The number of hydrogen-bond acceptors (Lipinski definition) is 3. The normalized spacial score (nSPS) is 22.9. The largest absolute Gasteiger partial charge is 0.335 e. The van der Waals surface area contributed by atoms with Crippen molar-refractivity contribution in [3.05, 3.63) is 22.2 Å². The van der Waals surface area contributed by atoms with Gasteiger partial charge < -0.3 is 9.88 Å². The van der Waals surface area contributed by atoms with Crippen molar-refractivity contribution in [3.63, 3.8) is 0 Å². The molecule has 2 rings (SSSR count). The van der Waals surface area contributed by atoms with Crippen molar-refractivity contribution in [1.29, 1.82) is 0 Å². The fourth-order valence-electron chi connectivity index (χ4n) is 1.99. The van der Waals surface area contributed by atoms with Crippen LogP contribution in [0.4, 0.5) is 0 Å². The average Bonchev–Trinajstić information content (AvgIpc) is 2.50. The minimum Gasteiger partial charge on any atom is -0.335 e. The van der Waals surface area contributed by atoms with E-state index >= 15 is 0 Å². The van der Waals surface area contributed by atoms with Crippen LogP contribution in [0.3, 0.4) is 0 Å². The number of likely N-dealkylation sites (N-methyl/N-ethyl adjacent to an activating group) is 1. The zero-order chi connectivity index (χ0) is 10.1. The highest BCUT2D eigenvalue weighted by Crippen LogP contribution is 2.24. The Hall–Kier alpha value is -0.740. The van der Waals surface area contributed by atoms with Gasteiger partial charge in [0.25, 0.3) is 0 Å². The number of nitrogens with zero attached hydrogens (tertiary/aromatic N) is 2. The van der Waals surface area contributed by atoms with E-state index in [0.29, 0.717) is 10.7 Å². The molecule has 0 amide bonds. The molecule has 1 atom stereocenters. The molecule has 76 valence electrons. The highest BCUT2D eigenvalue weighted by Gasteiger charge is 2.22. The van der Waals surface area contributed by atoms with E-state index in [9.17, 15) is 0 Å². The summed E-state index contributed by atoms with van der Waals surface area (Å²) >= 11 is 5.07. The van der Waals surface area contributed by atoms with Crippen LogP contribution in [-0.4, -0.2) is 35.0 Å². The van der Waals surface area contributed by atoms with Crippen LogP contribution in [0.15, 0.2) is 6.07 Å². The molecule has 4 heteroatoms. The van der Waals surface area contributed by atoms with Crippen LogP contribution < -0.4 is 0 Å². The van der Waals surface area contributed by atoms with E-state index < -0.39 is 0 Å². The van der Waals surface area contributed by atoms with Gasteiger partial charge in [-0.1, -0.05) is 0 Å². The molecule has 0 bridgehead atoms. The molecule has 0 spiro atoms. The molecule has 14 heavy (non-hydrogen) atoms. The zero-order valence-corrected chi connectivity index (χ0v) is 9.40. The van der Waals surface area contributed by atoms with Gasteiger partial charge in [0.1, 0.15) is 0 Å². The molecule has 1 aliphatic rings. The number of H-pyrrole nitrogens is 1. The number of likely N-dealkylation sites (tertiary alicyclic amines) is 1. The first-order valence-electron chi connectivity index (χ1n) is 4.91. The maximum atomic E-state index is 5.07. The van der Waals surface area contributed by atoms with E-state index in [0.717, 1.165) is 24.5 Å². The van der Waals surface area contributed by atoms with Crippen molar-refractivity contribution in [2.75, 3.05) is 20.1 Å². The van der Waals surface area contributed by atoms with Crippen molar-refractivity contribution in [1.82, 2.24) is 14.9 Å². The number of rotatable bonds is 1. The second kappa shape index (κ2) is 3.79. The quantitative estimate of drug-likeness (QED) is 0.717. The zero-order valence-electron chi connectivity index (χ0n) is 8.58. The van der Waals surface area contributed by atoms with Gasteiger partial charge in [0.05, 0.1) is 0 Å². The fourth-order valence-corrected chi connectivity index (χ4v) is 2.26. The Morgan fingerprint density at radius 1 is 1.64 bits per heavy atom. The van der Waals surface area contributed by atoms with Crippen molar-refractivity contribution in [3.8, 4) is 0 Å². The highest BCUT2D eigenvalue weighted by atomic mass is 32.1. The van der Waals surface area contributed by atoms with Gasteiger partial charge in [0.2, 0.25) is 0 Å². The molecule has 2 heterocycles. The van der Waals surface area contributed by atoms with Crippen LogP contribution in [0.5, 0.6) is 0 Å². The SMILES string of the molecule is Cc1cc(C2CCN(C)C2)nc(=S)[nH]1. The smallest absolute Gasteiger partial charge is 0.197 e. The van der Waals surface area contributed by atoms with Gasteiger partial charge in [-0.25, -0.2) is 4.98 Å². The minimum absolute atomic E-state index is 0.565. The molecule has 0 saturated carbocycles. The minimum atomic E-state index is 0.565. The second-order valence-corrected chi connectivity index (χ2v) is 4.43. The molecule has 0 aliphatic carbocycles. The molecular formula is C10H15N3S. The number of aromatic amines is 1. The summed E-state index contributed by atoms with van der Waals surface area (Å²) in [6.45, 7) is 4.29. The van der Waals surface area contributed by atoms with E-state index in [1.165, 1.54) is 6.42 Å². The lowest BCUT2D eigenvalue weighted by Gasteiger charge is -2.10. The summed E-state index contributed by atoms with van der Waals surface area (Å²) in [4.78, 5) is 9.75. The summed E-state index contributed by atoms with van der Waals surface area (Å²) in [5.74, 6) is 0.565. The fraction of sp³-hybridized carbons (Fsp3) is 0.600. The Bertz CT molecular complexity index is 385. The van der Waals surface area contributed by atoms with Crippen LogP contribution in [0.25, 0.3) is 0 Å². The Balaban J connectivity index is 2.28. The van der Waals surface area contributed by atoms with Gasteiger partial charge in [-0.2, -0.15) is 0 Å². The van der Waals surface area contributed by atoms with Gasteiger partial charge in [-0.05, 0) is 45.2 Å². The van der Waals surface area contributed by atoms with Gasteiger partial charge in [0, 0.05) is 23.9 Å². The predicted molar refractivity (Wildman–Crippen MR) is 59.0 cm³/mol. The van der Waals surface area contributed by atoms with Gasteiger partial charge in [-0.3, -0.25) is 0 Å². The summed E-state index contributed by atoms with van der Waals surface area (Å²) in [5, 5.41) is 0. The third kappa shape index (κ3) is 2.01. The lowest BCUT2D eigenvalue weighted by Crippen LogP contribution is -2.14. The van der Waals surface area contributed by atoms with Crippen LogP contribution in [0.2, 0.25) is 0 Å². The standard InChI is InChI=1S/C10H15N3S/c1-7-5-9(12-10(14)11-7)8-3-4-13(2)6-8/h5,8H,3-4,6H2,1-2H3,(H,11,12,14). The highest BCUT2D eigenvalue weighted by molar-refractivity contribution is 7.71. The van der Waals surface area contributed by atoms with E-state index in [1.54, 1.807) is 0 Å². The summed E-state index contributed by atoms with van der Waals surface area (Å²) in [5.41, 5.74) is 2.25. The molecule has 0 aromatic carbocycles. The van der Waals surface area contributed by atoms with E-state index in [2.05, 4.69) is 28.0 Å². The molecule has 1 saturated heterocycles. The molecule has 1 aromatic rings. The topological polar surface area (TPSA) is 31.9 Å². The van der Waals surface area contributed by atoms with Gasteiger partial charge in [0.15, 0.2) is 4.77 Å². The van der Waals surface area contributed by atoms with Crippen molar-refractivity contribution >= 4 is 12.2 Å². The maximum Gasteiger partial charge on any atom is 0.197 e. The Kier molecular flexibility index (Phi) is 2.65. The van der Waals surface area contributed by atoms with Crippen molar-refractivity contribution < 1.29 is 0 Å². The number of aromatic nitrogens is 2. The first-order chi connectivity index (χ1) is 6.65. The van der Waals surface area contributed by atoms with E-state index in [4.69, 9.17) is 12.2 Å². The van der Waals surface area contributed by atoms with Gasteiger partial charge >= 0.3 is 0 Å². The van der Waals surface area contributed by atoms with Crippen LogP contribution in [0, 0.1) is 11.7 Å². The number of hydrogen-bond donors (Lipinski definition) is 1. The van der Waals surface area contributed by atoms with Gasteiger partial charge in [-0.15, -0.1) is 0 Å². The number of nitrogens with one attached hydrogen (secondary N) is 1. The molecule has 1 unspecified atom stereocenters. The van der Waals surface area contributed by atoms with Crippen LogP contribution >= 0.6 is 12.2 Å². The molecule has 1 N–H and O–H groups in total. The first kappa shape index (κ1) is 9.80. The Morgan fingerprint density at radius 3 is 3.00 bits per heavy atom. The molecule has 1 fully saturated rings. The maximum absolute atomic E-state index is 5.07. The average molecular weight is 209 g/mol. The Labute approximate surface area is 89.2 Å². The molecule has 3 nitrogen and oxygen atoms in total. The third-order valence-corrected chi connectivity index (χ3v) is 2.90. The van der Waals surface area contributed by atoms with E-state index in [1.807, 2.05) is 6.92 Å². The third-order valence-electron chi connectivity index (χ3n) is 2.71.